The van der Waals surface area contributed by atoms with Crippen LogP contribution in [0.2, 0.25) is 0 Å². The second-order valence-electron chi connectivity index (χ2n) is 20.0. The molecule has 0 fully saturated rings. The van der Waals surface area contributed by atoms with Crippen LogP contribution in [0, 0.1) is 0 Å². The van der Waals surface area contributed by atoms with E-state index in [-0.39, 0.29) is 25.7 Å². The summed E-state index contributed by atoms with van der Waals surface area (Å²) in [6, 6.07) is 0. The second-order valence-corrected chi connectivity index (χ2v) is 22.9. The Labute approximate surface area is 447 Å². The van der Waals surface area contributed by atoms with Crippen molar-refractivity contribution in [3.63, 3.8) is 0 Å². The Morgan fingerprint density at radius 1 is 0.324 bits per heavy atom. The van der Waals surface area contributed by atoms with Gasteiger partial charge in [0, 0.05) is 25.7 Å². The van der Waals surface area contributed by atoms with Crippen LogP contribution in [0.15, 0.2) is 0 Å². The summed E-state index contributed by atoms with van der Waals surface area (Å²) in [6.45, 7) is 4.63. The van der Waals surface area contributed by atoms with Crippen molar-refractivity contribution in [1.29, 1.82) is 0 Å². The molecule has 0 aliphatic heterocycles. The Kier molecular flexibility index (Phi) is 49.2. The van der Waals surface area contributed by atoms with Gasteiger partial charge in [0.15, 0.2) is 12.2 Å². The number of ether oxygens (including phenoxy) is 4. The molecule has 2 unspecified atom stereocenters. The van der Waals surface area contributed by atoms with E-state index in [0.29, 0.717) is 25.7 Å². The van der Waals surface area contributed by atoms with Gasteiger partial charge in [0.2, 0.25) is 0 Å². The molecular formula is C55H106O17P2. The first-order valence-corrected chi connectivity index (χ1v) is 32.3. The summed E-state index contributed by atoms with van der Waals surface area (Å²) in [6.07, 6.45) is 32.8. The zero-order valence-electron chi connectivity index (χ0n) is 46.8. The largest absolute Gasteiger partial charge is 0.472 e. The lowest BCUT2D eigenvalue weighted by atomic mass is 10.0. The summed E-state index contributed by atoms with van der Waals surface area (Å²) in [5.41, 5.74) is 0. The van der Waals surface area contributed by atoms with Gasteiger partial charge in [-0.05, 0) is 25.7 Å². The number of phosphoric ester groups is 2. The quantitative estimate of drug-likeness (QED) is 0.0222. The lowest BCUT2D eigenvalue weighted by Crippen LogP contribution is -2.30. The molecule has 0 rings (SSSR count). The third-order valence-corrected chi connectivity index (χ3v) is 14.5. The highest BCUT2D eigenvalue weighted by Crippen LogP contribution is 2.45. The molecule has 5 atom stereocenters. The number of aliphatic hydroxyl groups excluding tert-OH is 1. The van der Waals surface area contributed by atoms with Gasteiger partial charge in [0.25, 0.3) is 0 Å². The predicted octanol–water partition coefficient (Wildman–Crippen LogP) is 14.4. The lowest BCUT2D eigenvalue weighted by Gasteiger charge is -2.21. The highest BCUT2D eigenvalue weighted by molar-refractivity contribution is 7.47. The molecule has 17 nitrogen and oxygen atoms in total. The number of hydrogen-bond donors (Lipinski definition) is 3. The van der Waals surface area contributed by atoms with Gasteiger partial charge in [-0.25, -0.2) is 9.13 Å². The molecule has 0 amide bonds. The van der Waals surface area contributed by atoms with Crippen molar-refractivity contribution in [1.82, 2.24) is 0 Å². The van der Waals surface area contributed by atoms with Gasteiger partial charge >= 0.3 is 39.5 Å². The Hall–Kier alpha value is -1.94. The maximum atomic E-state index is 12.9. The Balaban J connectivity index is 5.10. The minimum absolute atomic E-state index is 0.0990. The number of esters is 4. The zero-order valence-corrected chi connectivity index (χ0v) is 48.6. The second kappa shape index (κ2) is 50.6. The van der Waals surface area contributed by atoms with Crippen molar-refractivity contribution in [3.8, 4) is 0 Å². The van der Waals surface area contributed by atoms with Crippen LogP contribution in [0.3, 0.4) is 0 Å². The fourth-order valence-corrected chi connectivity index (χ4v) is 9.62. The van der Waals surface area contributed by atoms with Crippen LogP contribution in [0.25, 0.3) is 0 Å². The van der Waals surface area contributed by atoms with Gasteiger partial charge in [-0.2, -0.15) is 0 Å². The molecule has 0 heterocycles. The van der Waals surface area contributed by atoms with Gasteiger partial charge in [-0.3, -0.25) is 37.3 Å². The molecule has 0 aromatic carbocycles. The number of rotatable bonds is 56. The van der Waals surface area contributed by atoms with Gasteiger partial charge in [0.05, 0.1) is 26.4 Å². The SMILES string of the molecule is CCCCCCCCCCCCCCCCCC(=O)O[C@H](COC(=O)CCCCCCCCCCC)COP(=O)(O)OC[C@@H](O)COP(=O)(O)OC[C@@H](COC(=O)CCCCCCC)OC(=O)CCCCCCC. The van der Waals surface area contributed by atoms with Crippen LogP contribution in [0.5, 0.6) is 0 Å². The fourth-order valence-electron chi connectivity index (χ4n) is 8.04. The number of aliphatic hydroxyl groups is 1. The van der Waals surface area contributed by atoms with E-state index in [1.807, 2.05) is 0 Å². The molecule has 0 aliphatic rings. The average Bonchev–Trinajstić information content (AvgIpc) is 3.37. The maximum absolute atomic E-state index is 12.9. The Bertz CT molecular complexity index is 1450. The van der Waals surface area contributed by atoms with Crippen LogP contribution >= 0.6 is 15.6 Å². The van der Waals surface area contributed by atoms with Gasteiger partial charge in [-0.1, -0.05) is 220 Å². The molecule has 3 N–H and O–H groups in total. The van der Waals surface area contributed by atoms with Crippen molar-refractivity contribution in [2.75, 3.05) is 39.6 Å². The van der Waals surface area contributed by atoms with Crippen molar-refractivity contribution in [3.05, 3.63) is 0 Å². The van der Waals surface area contributed by atoms with E-state index in [0.717, 1.165) is 96.3 Å². The Morgan fingerprint density at radius 2 is 0.541 bits per heavy atom. The number of hydrogen-bond acceptors (Lipinski definition) is 15. The molecule has 438 valence electrons. The van der Waals surface area contributed by atoms with Crippen molar-refractivity contribution < 1.29 is 80.2 Å². The van der Waals surface area contributed by atoms with E-state index in [2.05, 4.69) is 27.7 Å². The van der Waals surface area contributed by atoms with Crippen LogP contribution in [-0.2, 0) is 65.4 Å². The fraction of sp³-hybridized carbons (Fsp3) is 0.927. The molecule has 0 bridgehead atoms. The molecule has 0 aliphatic carbocycles. The van der Waals surface area contributed by atoms with Gasteiger partial charge in [-0.15, -0.1) is 0 Å². The van der Waals surface area contributed by atoms with Crippen LogP contribution in [0.4, 0.5) is 0 Å². The third-order valence-electron chi connectivity index (χ3n) is 12.6. The van der Waals surface area contributed by atoms with Gasteiger partial charge < -0.3 is 33.8 Å². The van der Waals surface area contributed by atoms with Crippen molar-refractivity contribution >= 4 is 39.5 Å². The topological polar surface area (TPSA) is 237 Å². The molecule has 0 radical (unpaired) electrons. The predicted molar refractivity (Wildman–Crippen MR) is 289 cm³/mol. The van der Waals surface area contributed by atoms with E-state index in [1.54, 1.807) is 0 Å². The molecule has 74 heavy (non-hydrogen) atoms. The first-order chi connectivity index (χ1) is 35.7. The number of unbranched alkanes of at least 4 members (excludes halogenated alkanes) is 30. The first-order valence-electron chi connectivity index (χ1n) is 29.3. The Morgan fingerprint density at radius 3 is 0.797 bits per heavy atom. The van der Waals surface area contributed by atoms with E-state index in [4.69, 9.17) is 37.0 Å². The summed E-state index contributed by atoms with van der Waals surface area (Å²) in [5.74, 6) is -2.17. The van der Waals surface area contributed by atoms with E-state index in [9.17, 15) is 43.2 Å². The van der Waals surface area contributed by atoms with Crippen LogP contribution in [0.1, 0.15) is 272 Å². The molecule has 0 saturated carbocycles. The van der Waals surface area contributed by atoms with Crippen LogP contribution < -0.4 is 0 Å². The molecule has 0 aromatic rings. The summed E-state index contributed by atoms with van der Waals surface area (Å²) < 4.78 is 67.2. The number of phosphoric acid groups is 2. The number of carbonyl (C=O) groups excluding carboxylic acids is 4. The molecule has 0 spiro atoms. The first kappa shape index (κ1) is 72.1. The molecule has 0 saturated heterocycles. The number of carbonyl (C=O) groups is 4. The zero-order chi connectivity index (χ0) is 54.8. The van der Waals surface area contributed by atoms with E-state index >= 15 is 0 Å². The maximum Gasteiger partial charge on any atom is 0.472 e. The summed E-state index contributed by atoms with van der Waals surface area (Å²) in [7, 11) is -9.85. The normalized spacial score (nSPS) is 14.4. The molecule has 19 heteroatoms. The monoisotopic (exact) mass is 1100 g/mol. The summed E-state index contributed by atoms with van der Waals surface area (Å²) >= 11 is 0. The third kappa shape index (κ3) is 49.6. The van der Waals surface area contributed by atoms with E-state index < -0.39 is 97.5 Å². The minimum Gasteiger partial charge on any atom is -0.462 e. The molecule has 0 aromatic heterocycles. The van der Waals surface area contributed by atoms with E-state index in [1.165, 1.54) is 96.3 Å². The lowest BCUT2D eigenvalue weighted by molar-refractivity contribution is -0.161. The van der Waals surface area contributed by atoms with Crippen LogP contribution in [-0.4, -0.2) is 96.7 Å². The summed E-state index contributed by atoms with van der Waals surface area (Å²) in [4.78, 5) is 71.2. The van der Waals surface area contributed by atoms with Crippen molar-refractivity contribution in [2.24, 2.45) is 0 Å². The highest BCUT2D eigenvalue weighted by Gasteiger charge is 2.30. The highest BCUT2D eigenvalue weighted by atomic mass is 31.2. The standard InChI is InChI=1S/C55H106O17P2/c1-5-9-13-17-19-21-22-23-24-25-26-28-30-34-38-42-55(60)72-51(46-66-53(58)40-36-33-29-27-20-18-14-10-6-2)48-70-74(63,64)68-44-49(56)43-67-73(61,62)69-47-50(71-54(59)41-37-32-16-12-8-4)45-65-52(57)39-35-31-15-11-7-3/h49-51,56H,5-48H2,1-4H3,(H,61,62)(H,63,64)/t49-,50+,51+/m0/s1. The van der Waals surface area contributed by atoms with Crippen molar-refractivity contribution in [2.45, 2.75) is 290 Å². The minimum atomic E-state index is -4.93. The van der Waals surface area contributed by atoms with Gasteiger partial charge in [0.1, 0.15) is 19.3 Å². The molecular weight excluding hydrogens is 995 g/mol. The summed E-state index contributed by atoms with van der Waals surface area (Å²) in [5, 5.41) is 10.4. The smallest absolute Gasteiger partial charge is 0.462 e. The average molecular weight is 1100 g/mol.